The fourth-order valence-electron chi connectivity index (χ4n) is 2.30. The molecular weight excluding hydrogens is 416 g/mol. The Hall–Kier alpha value is -0.530. The van der Waals surface area contributed by atoms with Gasteiger partial charge in [0, 0.05) is 15.1 Å². The Balaban J connectivity index is 2.37. The van der Waals surface area contributed by atoms with Gasteiger partial charge in [-0.25, -0.2) is 4.79 Å². The minimum absolute atomic E-state index is 0.328. The smallest absolute Gasteiger partial charge is 0.326 e. The van der Waals surface area contributed by atoms with Crippen LogP contribution in [0.2, 0.25) is 10.0 Å². The Morgan fingerprint density at radius 1 is 1.30 bits per heavy atom. The van der Waals surface area contributed by atoms with Crippen LogP contribution in [0.1, 0.15) is 29.6 Å². The van der Waals surface area contributed by atoms with Gasteiger partial charge in [-0.15, -0.1) is 0 Å². The van der Waals surface area contributed by atoms with Crippen molar-refractivity contribution in [1.29, 1.82) is 0 Å². The molecule has 1 saturated heterocycles. The predicted octanol–water partition coefficient (Wildman–Crippen LogP) is 3.68. The summed E-state index contributed by atoms with van der Waals surface area (Å²) >= 11 is 13.9. The summed E-state index contributed by atoms with van der Waals surface area (Å²) in [7, 11) is 0. The average Bonchev–Trinajstić information content (AvgIpc) is 2.42. The average molecular weight is 428 g/mol. The van der Waals surface area contributed by atoms with Crippen molar-refractivity contribution in [3.8, 4) is 0 Å². The van der Waals surface area contributed by atoms with E-state index in [1.54, 1.807) is 6.07 Å². The summed E-state index contributed by atoms with van der Waals surface area (Å²) in [4.78, 5) is 25.3. The zero-order valence-electron chi connectivity index (χ0n) is 10.4. The summed E-state index contributed by atoms with van der Waals surface area (Å²) in [6.45, 7) is 0.440. The van der Waals surface area contributed by atoms with Crippen molar-refractivity contribution in [3.05, 3.63) is 31.3 Å². The summed E-state index contributed by atoms with van der Waals surface area (Å²) in [5.41, 5.74) is 0.358. The predicted molar refractivity (Wildman–Crippen MR) is 85.5 cm³/mol. The zero-order valence-corrected chi connectivity index (χ0v) is 14.1. The number of halogens is 3. The molecule has 1 aliphatic heterocycles. The molecule has 1 aromatic carbocycles. The van der Waals surface area contributed by atoms with E-state index in [2.05, 4.69) is 0 Å². The van der Waals surface area contributed by atoms with Crippen LogP contribution in [0.25, 0.3) is 0 Å². The van der Waals surface area contributed by atoms with Crippen molar-refractivity contribution < 1.29 is 14.7 Å². The van der Waals surface area contributed by atoms with Gasteiger partial charge < -0.3 is 10.0 Å². The first-order chi connectivity index (χ1) is 9.41. The fourth-order valence-corrected chi connectivity index (χ4v) is 3.33. The first-order valence-corrected chi connectivity index (χ1v) is 7.93. The van der Waals surface area contributed by atoms with Gasteiger partial charge in [0.2, 0.25) is 0 Å². The summed E-state index contributed by atoms with van der Waals surface area (Å²) < 4.78 is 0.591. The topological polar surface area (TPSA) is 57.6 Å². The molecular formula is C13H12Cl2INO3. The maximum Gasteiger partial charge on any atom is 0.326 e. The van der Waals surface area contributed by atoms with E-state index in [9.17, 15) is 14.7 Å². The number of aliphatic carboxylic acids is 1. The number of nitrogens with zero attached hydrogens (tertiary/aromatic N) is 1. The monoisotopic (exact) mass is 427 g/mol. The van der Waals surface area contributed by atoms with Crippen LogP contribution in [0.4, 0.5) is 0 Å². The number of carboxylic acids is 1. The van der Waals surface area contributed by atoms with Gasteiger partial charge in [0.15, 0.2) is 0 Å². The summed E-state index contributed by atoms with van der Waals surface area (Å²) in [5.74, 6) is -1.30. The van der Waals surface area contributed by atoms with Crippen molar-refractivity contribution in [2.45, 2.75) is 25.3 Å². The molecule has 0 bridgehead atoms. The van der Waals surface area contributed by atoms with Gasteiger partial charge in [-0.2, -0.15) is 0 Å². The van der Waals surface area contributed by atoms with E-state index in [1.165, 1.54) is 11.0 Å². The van der Waals surface area contributed by atoms with Crippen molar-refractivity contribution in [2.75, 3.05) is 6.54 Å². The molecule has 1 fully saturated rings. The third-order valence-electron chi connectivity index (χ3n) is 3.27. The highest BCUT2D eigenvalue weighted by Gasteiger charge is 2.33. The lowest BCUT2D eigenvalue weighted by molar-refractivity contribution is -0.143. The van der Waals surface area contributed by atoms with Crippen molar-refractivity contribution in [2.24, 2.45) is 0 Å². The number of piperidine rings is 1. The van der Waals surface area contributed by atoms with E-state index in [1.807, 2.05) is 22.6 Å². The molecule has 0 saturated carbocycles. The maximum atomic E-state index is 12.6. The van der Waals surface area contributed by atoms with E-state index < -0.39 is 12.0 Å². The van der Waals surface area contributed by atoms with Gasteiger partial charge in [-0.3, -0.25) is 4.79 Å². The minimum Gasteiger partial charge on any atom is -0.480 e. The quantitative estimate of drug-likeness (QED) is 0.578. The van der Waals surface area contributed by atoms with Crippen LogP contribution in [0.3, 0.4) is 0 Å². The number of rotatable bonds is 2. The molecule has 1 atom stereocenters. The number of hydrogen-bond donors (Lipinski definition) is 1. The third-order valence-corrected chi connectivity index (χ3v) is 5.27. The Kier molecular flexibility index (Phi) is 5.14. The molecule has 7 heteroatoms. The van der Waals surface area contributed by atoms with Crippen molar-refractivity contribution in [3.63, 3.8) is 0 Å². The van der Waals surface area contributed by atoms with Crippen molar-refractivity contribution in [1.82, 2.24) is 4.90 Å². The molecule has 108 valence electrons. The lowest BCUT2D eigenvalue weighted by Crippen LogP contribution is -2.48. The molecule has 0 aromatic heterocycles. The summed E-state index contributed by atoms with van der Waals surface area (Å²) in [6.07, 6.45) is 2.10. The highest BCUT2D eigenvalue weighted by Crippen LogP contribution is 2.29. The van der Waals surface area contributed by atoms with E-state index in [4.69, 9.17) is 23.2 Å². The molecule has 0 unspecified atom stereocenters. The number of carbonyl (C=O) groups is 2. The SMILES string of the molecule is O=C(O)[C@@H]1CCCCN1C(=O)c1cc(Cl)cc(Cl)c1I. The van der Waals surface area contributed by atoms with Crippen molar-refractivity contribution >= 4 is 57.7 Å². The fraction of sp³-hybridized carbons (Fsp3) is 0.385. The zero-order chi connectivity index (χ0) is 14.9. The Bertz CT molecular complexity index is 565. The Labute approximate surface area is 140 Å². The first kappa shape index (κ1) is 15.9. The number of carbonyl (C=O) groups excluding carboxylic acids is 1. The number of carboxylic acid groups (broad SMARTS) is 1. The van der Waals surface area contributed by atoms with Gasteiger partial charge in [0.05, 0.1) is 10.6 Å². The number of hydrogen-bond acceptors (Lipinski definition) is 2. The minimum atomic E-state index is -0.971. The van der Waals surface area contributed by atoms with E-state index in [0.29, 0.717) is 32.1 Å². The number of likely N-dealkylation sites (tertiary alicyclic amines) is 1. The molecule has 1 aromatic rings. The maximum absolute atomic E-state index is 12.6. The largest absolute Gasteiger partial charge is 0.480 e. The Morgan fingerprint density at radius 2 is 2.00 bits per heavy atom. The molecule has 2 rings (SSSR count). The molecule has 1 heterocycles. The second-order valence-corrected chi connectivity index (χ2v) is 6.52. The molecule has 1 amide bonds. The van der Waals surface area contributed by atoms with E-state index in [0.717, 1.165) is 12.8 Å². The molecule has 1 aliphatic rings. The van der Waals surface area contributed by atoms with Gasteiger partial charge in [0.1, 0.15) is 6.04 Å². The molecule has 0 radical (unpaired) electrons. The molecule has 1 N–H and O–H groups in total. The summed E-state index contributed by atoms with van der Waals surface area (Å²) in [5, 5.41) is 9.99. The first-order valence-electron chi connectivity index (χ1n) is 6.10. The van der Waals surface area contributed by atoms with Gasteiger partial charge in [-0.05, 0) is 54.0 Å². The molecule has 20 heavy (non-hydrogen) atoms. The molecule has 0 aliphatic carbocycles. The highest BCUT2D eigenvalue weighted by molar-refractivity contribution is 14.1. The second-order valence-electron chi connectivity index (χ2n) is 4.60. The van der Waals surface area contributed by atoms with Crippen LogP contribution in [-0.4, -0.2) is 34.5 Å². The lowest BCUT2D eigenvalue weighted by atomic mass is 10.0. The van der Waals surface area contributed by atoms with Crippen LogP contribution >= 0.6 is 45.8 Å². The van der Waals surface area contributed by atoms with Gasteiger partial charge in [0.25, 0.3) is 5.91 Å². The van der Waals surface area contributed by atoms with E-state index >= 15 is 0 Å². The van der Waals surface area contributed by atoms with Gasteiger partial charge in [-0.1, -0.05) is 23.2 Å². The normalized spacial score (nSPS) is 18.9. The Morgan fingerprint density at radius 3 is 2.65 bits per heavy atom. The van der Waals surface area contributed by atoms with Crippen LogP contribution in [0, 0.1) is 3.57 Å². The van der Waals surface area contributed by atoms with Crippen LogP contribution in [-0.2, 0) is 4.79 Å². The van der Waals surface area contributed by atoms with Crippen LogP contribution in [0.15, 0.2) is 12.1 Å². The molecule has 4 nitrogen and oxygen atoms in total. The number of amides is 1. The lowest BCUT2D eigenvalue weighted by Gasteiger charge is -2.33. The summed E-state index contributed by atoms with van der Waals surface area (Å²) in [6, 6.07) is 2.32. The number of benzene rings is 1. The van der Waals surface area contributed by atoms with Crippen LogP contribution in [0.5, 0.6) is 0 Å². The second kappa shape index (κ2) is 6.49. The van der Waals surface area contributed by atoms with E-state index in [-0.39, 0.29) is 5.91 Å². The molecule has 0 spiro atoms. The van der Waals surface area contributed by atoms with Crippen LogP contribution < -0.4 is 0 Å². The third kappa shape index (κ3) is 3.20. The van der Waals surface area contributed by atoms with Gasteiger partial charge >= 0.3 is 5.97 Å². The standard InChI is InChI=1S/C13H12Cl2INO3/c14-7-5-8(11(16)9(15)6-7)12(18)17-4-2-1-3-10(17)13(19)20/h5-6,10H,1-4H2,(H,19,20)/t10-/m0/s1. The highest BCUT2D eigenvalue weighted by atomic mass is 127.